The Morgan fingerprint density at radius 1 is 0.963 bits per heavy atom. The first-order valence-electron chi connectivity index (χ1n) is 8.50. The highest BCUT2D eigenvalue weighted by atomic mass is 35.5. The van der Waals surface area contributed by atoms with Crippen molar-refractivity contribution in [1.82, 2.24) is 10.3 Å². The number of benzene rings is 1. The lowest BCUT2D eigenvalue weighted by Crippen LogP contribution is -2.40. The average Bonchev–Trinajstić information content (AvgIpc) is 2.64. The molecule has 1 aromatic carbocycles. The van der Waals surface area contributed by atoms with Crippen LogP contribution in [0.2, 0.25) is 0 Å². The van der Waals surface area contributed by atoms with E-state index in [0.717, 1.165) is 25.7 Å². The van der Waals surface area contributed by atoms with E-state index < -0.39 is 0 Å². The Bertz CT molecular complexity index is 750. The van der Waals surface area contributed by atoms with Crippen LogP contribution in [-0.4, -0.2) is 28.9 Å². The normalized spacial score (nSPS) is 18.4. The second-order valence-corrected chi connectivity index (χ2v) is 6.36. The van der Waals surface area contributed by atoms with Crippen LogP contribution in [0.15, 0.2) is 48.8 Å². The number of pyridine rings is 1. The fourth-order valence-electron chi connectivity index (χ4n) is 2.97. The molecule has 1 saturated carbocycles. The van der Waals surface area contributed by atoms with E-state index in [9.17, 15) is 9.59 Å². The fourth-order valence-corrected chi connectivity index (χ4v) is 2.97. The zero-order valence-electron chi connectivity index (χ0n) is 14.8. The van der Waals surface area contributed by atoms with Crippen LogP contribution in [0, 0.1) is 0 Å². The van der Waals surface area contributed by atoms with Gasteiger partial charge in [-0.2, -0.15) is 0 Å². The zero-order chi connectivity index (χ0) is 17.6. The summed E-state index contributed by atoms with van der Waals surface area (Å²) in [6.07, 6.45) is 6.80. The molecule has 0 unspecified atom stereocenters. The first-order valence-corrected chi connectivity index (χ1v) is 8.50. The van der Waals surface area contributed by atoms with Crippen LogP contribution in [0.5, 0.6) is 0 Å². The van der Waals surface area contributed by atoms with Crippen molar-refractivity contribution >= 4 is 42.3 Å². The molecular formula is C19H24Cl2N4O2. The molecule has 1 aliphatic carbocycles. The maximum absolute atomic E-state index is 12.4. The summed E-state index contributed by atoms with van der Waals surface area (Å²) in [7, 11) is 0. The van der Waals surface area contributed by atoms with Crippen LogP contribution in [-0.2, 0) is 0 Å². The van der Waals surface area contributed by atoms with E-state index in [-0.39, 0.29) is 48.7 Å². The largest absolute Gasteiger partial charge is 0.349 e. The van der Waals surface area contributed by atoms with Crippen LogP contribution in [0.3, 0.4) is 0 Å². The molecule has 2 amide bonds. The molecular weight excluding hydrogens is 387 g/mol. The highest BCUT2D eigenvalue weighted by molar-refractivity contribution is 6.04. The molecule has 1 aliphatic rings. The summed E-state index contributed by atoms with van der Waals surface area (Å²) in [5, 5.41) is 5.84. The highest BCUT2D eigenvalue weighted by Crippen LogP contribution is 2.18. The number of aromatic nitrogens is 1. The molecule has 6 nitrogen and oxygen atoms in total. The van der Waals surface area contributed by atoms with Gasteiger partial charge in [-0.25, -0.2) is 0 Å². The lowest BCUT2D eigenvalue weighted by Gasteiger charge is -2.26. The summed E-state index contributed by atoms with van der Waals surface area (Å²) >= 11 is 0. The van der Waals surface area contributed by atoms with Crippen LogP contribution in [0.25, 0.3) is 0 Å². The number of nitrogens with zero attached hydrogens (tertiary/aromatic N) is 1. The van der Waals surface area contributed by atoms with Crippen molar-refractivity contribution in [3.8, 4) is 0 Å². The van der Waals surface area contributed by atoms with Crippen molar-refractivity contribution in [2.75, 3.05) is 5.32 Å². The summed E-state index contributed by atoms with van der Waals surface area (Å²) in [5.41, 5.74) is 7.47. The molecule has 0 radical (unpaired) electrons. The number of hydrogen-bond acceptors (Lipinski definition) is 4. The predicted molar refractivity (Wildman–Crippen MR) is 111 cm³/mol. The molecule has 4 N–H and O–H groups in total. The molecule has 0 saturated heterocycles. The van der Waals surface area contributed by atoms with Crippen LogP contribution in [0.4, 0.5) is 5.69 Å². The van der Waals surface area contributed by atoms with Gasteiger partial charge in [-0.05, 0) is 56.0 Å². The Kier molecular flexibility index (Phi) is 9.21. The van der Waals surface area contributed by atoms with Crippen molar-refractivity contribution in [3.63, 3.8) is 0 Å². The number of rotatable bonds is 4. The molecule has 1 aromatic heterocycles. The van der Waals surface area contributed by atoms with E-state index in [4.69, 9.17) is 5.73 Å². The van der Waals surface area contributed by atoms with Crippen molar-refractivity contribution < 1.29 is 9.59 Å². The van der Waals surface area contributed by atoms with Crippen molar-refractivity contribution in [3.05, 3.63) is 59.9 Å². The Balaban J connectivity index is 0.00000182. The second kappa shape index (κ2) is 10.9. The Morgan fingerprint density at radius 3 is 2.33 bits per heavy atom. The Morgan fingerprint density at radius 2 is 1.67 bits per heavy atom. The monoisotopic (exact) mass is 410 g/mol. The molecule has 0 spiro atoms. The lowest BCUT2D eigenvalue weighted by atomic mass is 9.91. The highest BCUT2D eigenvalue weighted by Gasteiger charge is 2.20. The minimum absolute atomic E-state index is 0. The van der Waals surface area contributed by atoms with Gasteiger partial charge in [-0.1, -0.05) is 6.07 Å². The van der Waals surface area contributed by atoms with E-state index in [2.05, 4.69) is 15.6 Å². The minimum Gasteiger partial charge on any atom is -0.349 e. The maximum atomic E-state index is 12.4. The van der Waals surface area contributed by atoms with Gasteiger partial charge >= 0.3 is 0 Å². The second-order valence-electron chi connectivity index (χ2n) is 6.36. The number of carbonyl (C=O) groups is 2. The van der Waals surface area contributed by atoms with Gasteiger partial charge in [0, 0.05) is 35.7 Å². The van der Waals surface area contributed by atoms with Gasteiger partial charge in [0.2, 0.25) is 0 Å². The number of anilines is 1. The molecule has 1 fully saturated rings. The molecule has 0 aliphatic heterocycles. The Labute approximate surface area is 171 Å². The van der Waals surface area contributed by atoms with E-state index in [1.165, 1.54) is 6.20 Å². The van der Waals surface area contributed by atoms with Crippen LogP contribution < -0.4 is 16.4 Å². The third kappa shape index (κ3) is 6.50. The molecule has 0 atom stereocenters. The van der Waals surface area contributed by atoms with Gasteiger partial charge in [0.15, 0.2) is 0 Å². The van der Waals surface area contributed by atoms with E-state index in [1.54, 1.807) is 42.6 Å². The van der Waals surface area contributed by atoms with Crippen LogP contribution in [0.1, 0.15) is 46.4 Å². The average molecular weight is 411 g/mol. The zero-order valence-corrected chi connectivity index (χ0v) is 16.4. The lowest BCUT2D eigenvalue weighted by molar-refractivity contribution is 0.0925. The molecule has 1 heterocycles. The topological polar surface area (TPSA) is 97.1 Å². The SMILES string of the molecule is Cl.Cl.NC1CCC(NC(=O)c2cccc(NC(=O)c3cccnc3)c2)CC1. The number of amides is 2. The van der Waals surface area contributed by atoms with E-state index in [0.29, 0.717) is 16.8 Å². The van der Waals surface area contributed by atoms with E-state index >= 15 is 0 Å². The summed E-state index contributed by atoms with van der Waals surface area (Å²) in [4.78, 5) is 28.5. The van der Waals surface area contributed by atoms with Crippen molar-refractivity contribution in [2.45, 2.75) is 37.8 Å². The van der Waals surface area contributed by atoms with Crippen molar-refractivity contribution in [1.29, 1.82) is 0 Å². The third-order valence-corrected chi connectivity index (χ3v) is 4.41. The summed E-state index contributed by atoms with van der Waals surface area (Å²) < 4.78 is 0. The minimum atomic E-state index is -0.257. The molecule has 3 rings (SSSR count). The van der Waals surface area contributed by atoms with Crippen molar-refractivity contribution in [2.24, 2.45) is 5.73 Å². The van der Waals surface area contributed by atoms with Gasteiger partial charge in [-0.3, -0.25) is 14.6 Å². The maximum Gasteiger partial charge on any atom is 0.257 e. The van der Waals surface area contributed by atoms with Gasteiger partial charge < -0.3 is 16.4 Å². The first-order chi connectivity index (χ1) is 12.1. The number of nitrogens with two attached hydrogens (primary N) is 1. The number of carbonyl (C=O) groups excluding carboxylic acids is 2. The number of halogens is 2. The smallest absolute Gasteiger partial charge is 0.257 e. The predicted octanol–water partition coefficient (Wildman–Crippen LogP) is 3.18. The standard InChI is InChI=1S/C19H22N4O2.2ClH/c20-15-6-8-16(9-7-15)22-18(24)13-3-1-5-17(11-13)23-19(25)14-4-2-10-21-12-14;;/h1-5,10-12,15-16H,6-9,20H2,(H,22,24)(H,23,25);2*1H. The number of nitrogens with one attached hydrogen (secondary N) is 2. The van der Waals surface area contributed by atoms with Gasteiger partial charge in [0.05, 0.1) is 5.56 Å². The summed E-state index contributed by atoms with van der Waals surface area (Å²) in [6, 6.07) is 10.7. The van der Waals surface area contributed by atoms with E-state index in [1.807, 2.05) is 0 Å². The summed E-state index contributed by atoms with van der Waals surface area (Å²) in [5.74, 6) is -0.384. The summed E-state index contributed by atoms with van der Waals surface area (Å²) in [6.45, 7) is 0. The molecule has 0 bridgehead atoms. The molecule has 146 valence electrons. The Hall–Kier alpha value is -2.15. The van der Waals surface area contributed by atoms with Gasteiger partial charge in [0.1, 0.15) is 0 Å². The molecule has 2 aromatic rings. The first kappa shape index (κ1) is 22.9. The molecule has 27 heavy (non-hydrogen) atoms. The van der Waals surface area contributed by atoms with Gasteiger partial charge in [0.25, 0.3) is 11.8 Å². The van der Waals surface area contributed by atoms with Crippen LogP contribution >= 0.6 is 24.8 Å². The number of hydrogen-bond donors (Lipinski definition) is 3. The fraction of sp³-hybridized carbons (Fsp3) is 0.316. The van der Waals surface area contributed by atoms with Gasteiger partial charge in [-0.15, -0.1) is 24.8 Å². The molecule has 8 heteroatoms. The third-order valence-electron chi connectivity index (χ3n) is 4.41. The quantitative estimate of drug-likeness (QED) is 0.720.